The van der Waals surface area contributed by atoms with Gasteiger partial charge in [0.15, 0.2) is 22.5 Å². The molecule has 0 fully saturated rings. The molecule has 0 aromatic heterocycles. The van der Waals surface area contributed by atoms with Crippen LogP contribution in [0.25, 0.3) is 0 Å². The first-order valence-electron chi connectivity index (χ1n) is 9.19. The lowest BCUT2D eigenvalue weighted by Gasteiger charge is -2.35. The number of hydrogen-bond donors (Lipinski definition) is 1. The van der Waals surface area contributed by atoms with Crippen molar-refractivity contribution in [2.75, 3.05) is 13.2 Å². The molecule has 2 unspecified atom stereocenters. The molecule has 0 rings (SSSR count). The molecule has 26 heavy (non-hydrogen) atoms. The van der Waals surface area contributed by atoms with Crippen LogP contribution in [-0.4, -0.2) is 62.0 Å². The van der Waals surface area contributed by atoms with Crippen LogP contribution in [0.3, 0.4) is 0 Å². The summed E-state index contributed by atoms with van der Waals surface area (Å²) < 4.78 is 23.8. The van der Waals surface area contributed by atoms with Crippen molar-refractivity contribution in [3.05, 3.63) is 12.2 Å². The minimum absolute atomic E-state index is 0.304. The molecule has 0 heterocycles. The third-order valence-corrected chi connectivity index (χ3v) is 7.78. The van der Waals surface area contributed by atoms with E-state index in [9.17, 15) is 9.90 Å². The molecule has 0 aliphatic carbocycles. The molecule has 0 aliphatic rings. The summed E-state index contributed by atoms with van der Waals surface area (Å²) in [6.45, 7) is 20.4. The van der Waals surface area contributed by atoms with Crippen LogP contribution < -0.4 is 0 Å². The van der Waals surface area contributed by atoms with Crippen LogP contribution in [0.2, 0.25) is 45.3 Å². The topological polar surface area (TPSA) is 74.2 Å². The van der Waals surface area contributed by atoms with Crippen LogP contribution in [0.1, 0.15) is 20.3 Å². The Balaban J connectivity index is 5.11. The number of hydrogen-bond acceptors (Lipinski definition) is 6. The Bertz CT molecular complexity index is 427. The number of aliphatic hydroxyl groups excluding tert-OH is 1. The van der Waals surface area contributed by atoms with Crippen molar-refractivity contribution in [2.45, 2.75) is 77.6 Å². The molecule has 0 aliphatic heterocycles. The maximum atomic E-state index is 12.1. The Morgan fingerprint density at radius 1 is 1.12 bits per heavy atom. The molecular weight excluding hydrogens is 384 g/mol. The van der Waals surface area contributed by atoms with E-state index < -0.39 is 37.7 Å². The Morgan fingerprint density at radius 2 is 1.62 bits per heavy atom. The van der Waals surface area contributed by atoms with E-state index in [0.717, 1.165) is 6.42 Å². The van der Waals surface area contributed by atoms with Crippen LogP contribution >= 0.6 is 0 Å². The van der Waals surface area contributed by atoms with Crippen molar-refractivity contribution in [1.29, 1.82) is 0 Å². The van der Waals surface area contributed by atoms with Crippen LogP contribution in [0.4, 0.5) is 0 Å². The monoisotopic (exact) mass is 422 g/mol. The SMILES string of the molecule is C=C(C)C(=O)O[SiH](CCCOCC(C)O)C(O[Si](C)(C)C)O[Si](C)(C)C. The van der Waals surface area contributed by atoms with Gasteiger partial charge in [-0.25, -0.2) is 4.79 Å². The average Bonchev–Trinajstić information content (AvgIpc) is 2.41. The van der Waals surface area contributed by atoms with Gasteiger partial charge in [0.25, 0.3) is 9.04 Å². The van der Waals surface area contributed by atoms with E-state index in [1.165, 1.54) is 0 Å². The fourth-order valence-corrected chi connectivity index (χ4v) is 8.80. The lowest BCUT2D eigenvalue weighted by molar-refractivity contribution is -0.131. The molecule has 2 atom stereocenters. The maximum absolute atomic E-state index is 12.1. The minimum Gasteiger partial charge on any atom is -0.513 e. The van der Waals surface area contributed by atoms with Crippen molar-refractivity contribution in [3.8, 4) is 0 Å². The van der Waals surface area contributed by atoms with Gasteiger partial charge in [0.2, 0.25) is 0 Å². The van der Waals surface area contributed by atoms with Crippen LogP contribution in [0, 0.1) is 0 Å². The molecule has 0 amide bonds. The molecule has 0 spiro atoms. The van der Waals surface area contributed by atoms with Gasteiger partial charge in [-0.05, 0) is 65.6 Å². The summed E-state index contributed by atoms with van der Waals surface area (Å²) in [7, 11) is -5.91. The number of aliphatic hydroxyl groups is 1. The summed E-state index contributed by atoms with van der Waals surface area (Å²) in [6.07, 6.45) is 0.246. The van der Waals surface area contributed by atoms with E-state index >= 15 is 0 Å². The molecule has 1 N–H and O–H groups in total. The number of ether oxygens (including phenoxy) is 1. The standard InChI is InChI=1S/C17H38O6Si3/c1-14(2)16(19)21-24(12-10-11-20-13-15(3)18)17(22-25(4,5)6)23-26(7,8)9/h15,17-18,24H,1,10-13H2,2-9H3. The predicted molar refractivity (Wildman–Crippen MR) is 113 cm³/mol. The zero-order chi connectivity index (χ0) is 20.5. The largest absolute Gasteiger partial charge is 0.513 e. The Labute approximate surface area is 162 Å². The molecule has 154 valence electrons. The van der Waals surface area contributed by atoms with E-state index in [2.05, 4.69) is 45.9 Å². The summed E-state index contributed by atoms with van der Waals surface area (Å²) in [5.41, 5.74) is 0.382. The molecule has 0 bridgehead atoms. The first-order valence-corrected chi connectivity index (χ1v) is 18.0. The van der Waals surface area contributed by atoms with Gasteiger partial charge in [0.05, 0.1) is 12.7 Å². The van der Waals surface area contributed by atoms with Gasteiger partial charge in [-0.1, -0.05) is 6.58 Å². The predicted octanol–water partition coefficient (Wildman–Crippen LogP) is 3.19. The molecule has 0 aromatic carbocycles. The quantitative estimate of drug-likeness (QED) is 0.213. The van der Waals surface area contributed by atoms with Crippen LogP contribution in [-0.2, 0) is 22.8 Å². The molecule has 0 radical (unpaired) electrons. The van der Waals surface area contributed by atoms with Gasteiger partial charge >= 0.3 is 5.97 Å². The highest BCUT2D eigenvalue weighted by Gasteiger charge is 2.36. The van der Waals surface area contributed by atoms with Crippen molar-refractivity contribution < 1.29 is 27.9 Å². The zero-order valence-corrected chi connectivity index (χ0v) is 20.9. The van der Waals surface area contributed by atoms with E-state index in [-0.39, 0.29) is 5.97 Å². The van der Waals surface area contributed by atoms with E-state index in [0.29, 0.717) is 24.8 Å². The molecular formula is C17H38O6Si3. The van der Waals surface area contributed by atoms with Gasteiger partial charge in [-0.3, -0.25) is 0 Å². The highest BCUT2D eigenvalue weighted by atomic mass is 28.4. The third kappa shape index (κ3) is 13.8. The Morgan fingerprint density at radius 3 is 2.00 bits per heavy atom. The van der Waals surface area contributed by atoms with E-state index in [1.54, 1.807) is 13.8 Å². The summed E-state index contributed by atoms with van der Waals surface area (Å²) >= 11 is 0. The molecule has 6 nitrogen and oxygen atoms in total. The second-order valence-corrected chi connectivity index (χ2v) is 20.0. The molecule has 0 aromatic rings. The minimum atomic E-state index is -2.16. The van der Waals surface area contributed by atoms with Crippen molar-refractivity contribution >= 4 is 31.6 Å². The molecule has 0 saturated heterocycles. The second-order valence-electron chi connectivity index (χ2n) is 8.62. The first-order chi connectivity index (χ1) is 11.7. The fourth-order valence-electron chi connectivity index (χ4n) is 2.00. The summed E-state index contributed by atoms with van der Waals surface area (Å²) in [6, 6.07) is 0.693. The maximum Gasteiger partial charge on any atom is 0.319 e. The molecule has 9 heteroatoms. The Hall–Kier alpha value is -0.299. The Kier molecular flexibility index (Phi) is 11.4. The number of carbonyl (C=O) groups is 1. The van der Waals surface area contributed by atoms with Crippen LogP contribution in [0.15, 0.2) is 12.2 Å². The smallest absolute Gasteiger partial charge is 0.319 e. The van der Waals surface area contributed by atoms with Gasteiger partial charge in [0, 0.05) is 12.2 Å². The lowest BCUT2D eigenvalue weighted by atomic mass is 10.4. The summed E-state index contributed by atoms with van der Waals surface area (Å²) in [5, 5.41) is 9.26. The van der Waals surface area contributed by atoms with Crippen molar-refractivity contribution in [3.63, 3.8) is 0 Å². The van der Waals surface area contributed by atoms with Gasteiger partial charge in [-0.15, -0.1) is 0 Å². The summed E-state index contributed by atoms with van der Waals surface area (Å²) in [4.78, 5) is 12.1. The number of rotatable bonds is 13. The van der Waals surface area contributed by atoms with Gasteiger partial charge < -0.3 is 23.1 Å². The number of carbonyl (C=O) groups excluding carboxylic acids is 1. The molecule has 0 saturated carbocycles. The van der Waals surface area contributed by atoms with E-state index in [1.807, 2.05) is 0 Å². The average molecular weight is 423 g/mol. The zero-order valence-electron chi connectivity index (χ0n) is 17.8. The first kappa shape index (κ1) is 25.7. The second kappa shape index (κ2) is 11.5. The fraction of sp³-hybridized carbons (Fsp3) is 0.824. The van der Waals surface area contributed by atoms with Crippen LogP contribution in [0.5, 0.6) is 0 Å². The normalized spacial score (nSPS) is 15.0. The third-order valence-electron chi connectivity index (χ3n) is 2.99. The van der Waals surface area contributed by atoms with Gasteiger partial charge in [0.1, 0.15) is 0 Å². The van der Waals surface area contributed by atoms with Crippen molar-refractivity contribution in [2.24, 2.45) is 0 Å². The van der Waals surface area contributed by atoms with Crippen molar-refractivity contribution in [1.82, 2.24) is 0 Å². The van der Waals surface area contributed by atoms with Gasteiger partial charge in [-0.2, -0.15) is 0 Å². The lowest BCUT2D eigenvalue weighted by Crippen LogP contribution is -2.50. The highest BCUT2D eigenvalue weighted by molar-refractivity contribution is 6.72. The highest BCUT2D eigenvalue weighted by Crippen LogP contribution is 2.20. The summed E-state index contributed by atoms with van der Waals surface area (Å²) in [5.74, 6) is -0.830. The van der Waals surface area contributed by atoms with E-state index in [4.69, 9.17) is 18.0 Å².